The topological polar surface area (TPSA) is 110 Å². The van der Waals surface area contributed by atoms with Gasteiger partial charge in [0.25, 0.3) is 5.91 Å². The van der Waals surface area contributed by atoms with E-state index in [2.05, 4.69) is 12.3 Å². The molecule has 8 nitrogen and oxygen atoms in total. The number of carbonyl (C=O) groups is 3. The van der Waals surface area contributed by atoms with E-state index >= 15 is 0 Å². The van der Waals surface area contributed by atoms with Crippen LogP contribution in [0.3, 0.4) is 0 Å². The lowest BCUT2D eigenvalue weighted by Crippen LogP contribution is -2.45. The highest BCUT2D eigenvalue weighted by Crippen LogP contribution is 2.17. The van der Waals surface area contributed by atoms with E-state index < -0.39 is 23.9 Å². The van der Waals surface area contributed by atoms with Crippen LogP contribution in [0.5, 0.6) is 0 Å². The first-order valence-electron chi connectivity index (χ1n) is 9.00. The van der Waals surface area contributed by atoms with Crippen LogP contribution in [0.4, 0.5) is 0 Å². The fraction of sp³-hybridized carbons (Fsp3) is 0.421. The molecule has 1 aromatic rings. The van der Waals surface area contributed by atoms with Gasteiger partial charge in [-0.3, -0.25) is 15.2 Å². The van der Waals surface area contributed by atoms with Crippen LogP contribution in [0.2, 0.25) is 0 Å². The molecule has 0 spiro atoms. The van der Waals surface area contributed by atoms with Crippen molar-refractivity contribution < 1.29 is 24.6 Å². The van der Waals surface area contributed by atoms with Gasteiger partial charge in [0.05, 0.1) is 11.1 Å². The van der Waals surface area contributed by atoms with Crippen molar-refractivity contribution in [2.75, 3.05) is 6.67 Å². The summed E-state index contributed by atoms with van der Waals surface area (Å²) in [5, 5.41) is 20.1. The number of carboxylic acids is 2. The van der Waals surface area contributed by atoms with E-state index in [0.29, 0.717) is 6.42 Å². The number of amides is 1. The first-order chi connectivity index (χ1) is 12.9. The maximum absolute atomic E-state index is 12.4. The number of hydrazine groups is 1. The van der Waals surface area contributed by atoms with Crippen molar-refractivity contribution in [2.45, 2.75) is 45.1 Å². The fourth-order valence-corrected chi connectivity index (χ4v) is 2.97. The van der Waals surface area contributed by atoms with Crippen LogP contribution in [0.25, 0.3) is 0 Å². The largest absolute Gasteiger partial charge is 0.480 e. The number of benzene rings is 1. The minimum atomic E-state index is -1.18. The minimum absolute atomic E-state index is 0.0474. The van der Waals surface area contributed by atoms with Crippen molar-refractivity contribution >= 4 is 17.8 Å². The Morgan fingerprint density at radius 2 is 1.78 bits per heavy atom. The van der Waals surface area contributed by atoms with Crippen LogP contribution in [-0.4, -0.2) is 50.7 Å². The van der Waals surface area contributed by atoms with E-state index in [1.165, 1.54) is 17.1 Å². The summed E-state index contributed by atoms with van der Waals surface area (Å²) in [6, 6.07) is 5.27. The number of rotatable bonds is 10. The maximum atomic E-state index is 12.4. The molecule has 0 saturated carbocycles. The monoisotopic (exact) mass is 375 g/mol. The van der Waals surface area contributed by atoms with Gasteiger partial charge in [0.1, 0.15) is 12.7 Å². The minimum Gasteiger partial charge on any atom is -0.480 e. The molecule has 0 bridgehead atoms. The first-order valence-corrected chi connectivity index (χ1v) is 9.00. The number of nitrogens with zero attached hydrogens (tertiary/aromatic N) is 2. The Labute approximate surface area is 158 Å². The molecule has 3 N–H and O–H groups in total. The lowest BCUT2D eigenvalue weighted by Gasteiger charge is -2.27. The molecular formula is C19H25N3O5. The molecule has 1 unspecified atom stereocenters. The number of carboxylic acid groups (broad SMARTS) is 2. The average molecular weight is 375 g/mol. The second-order valence-electron chi connectivity index (χ2n) is 6.42. The van der Waals surface area contributed by atoms with Gasteiger partial charge in [-0.25, -0.2) is 9.59 Å². The van der Waals surface area contributed by atoms with Gasteiger partial charge < -0.3 is 15.1 Å². The third-order valence-corrected chi connectivity index (χ3v) is 4.42. The Hall–Kier alpha value is -3.03. The Bertz CT molecular complexity index is 719. The zero-order valence-electron chi connectivity index (χ0n) is 15.3. The molecule has 0 aromatic heterocycles. The summed E-state index contributed by atoms with van der Waals surface area (Å²) in [5.41, 5.74) is 2.56. The van der Waals surface area contributed by atoms with Gasteiger partial charge in [-0.1, -0.05) is 44.7 Å². The van der Waals surface area contributed by atoms with E-state index in [1.807, 2.05) is 0 Å². The van der Waals surface area contributed by atoms with Crippen LogP contribution in [-0.2, 0) is 4.79 Å². The Balaban J connectivity index is 1.95. The van der Waals surface area contributed by atoms with Crippen molar-refractivity contribution in [1.82, 2.24) is 15.3 Å². The van der Waals surface area contributed by atoms with E-state index in [1.54, 1.807) is 29.4 Å². The van der Waals surface area contributed by atoms with Gasteiger partial charge in [0.2, 0.25) is 0 Å². The zero-order valence-corrected chi connectivity index (χ0v) is 15.3. The number of nitrogens with one attached hydrogen (secondary N) is 1. The summed E-state index contributed by atoms with van der Waals surface area (Å²) in [5.74, 6) is -2.65. The standard InChI is InChI=1S/C19H25N3O5/c1-2-3-4-5-10-16(19(26)27)21-11-12-22(13-21)20-17(23)14-8-6-7-9-15(14)18(24)25/h6-9,11-12,16H,2-5,10,13H2,1H3,(H,20,23)(H,24,25)(H,26,27). The lowest BCUT2D eigenvalue weighted by atomic mass is 10.1. The van der Waals surface area contributed by atoms with Gasteiger partial charge in [-0.05, 0) is 18.6 Å². The number of unbranched alkanes of at least 4 members (excludes halogenated alkanes) is 3. The molecular weight excluding hydrogens is 350 g/mol. The molecule has 146 valence electrons. The van der Waals surface area contributed by atoms with Crippen molar-refractivity contribution in [3.05, 3.63) is 47.8 Å². The SMILES string of the molecule is CCCCCCC(C(=O)O)N1C=CN(NC(=O)c2ccccc2C(=O)O)C1. The second kappa shape index (κ2) is 9.61. The molecule has 1 aliphatic heterocycles. The number of hydrogen-bond donors (Lipinski definition) is 3. The molecule has 1 heterocycles. The van der Waals surface area contributed by atoms with Crippen LogP contribution in [0.1, 0.15) is 59.7 Å². The van der Waals surface area contributed by atoms with E-state index in [0.717, 1.165) is 25.7 Å². The molecule has 2 rings (SSSR count). The van der Waals surface area contributed by atoms with Gasteiger partial charge >= 0.3 is 11.9 Å². The number of hydrogen-bond acceptors (Lipinski definition) is 5. The number of carbonyl (C=O) groups excluding carboxylic acids is 1. The van der Waals surface area contributed by atoms with Crippen LogP contribution < -0.4 is 5.43 Å². The van der Waals surface area contributed by atoms with Gasteiger partial charge in [-0.15, -0.1) is 0 Å². The summed E-state index contributed by atoms with van der Waals surface area (Å²) in [6.45, 7) is 2.28. The fourth-order valence-electron chi connectivity index (χ4n) is 2.97. The summed E-state index contributed by atoms with van der Waals surface area (Å²) in [4.78, 5) is 36.9. The normalized spacial score (nSPS) is 14.3. The smallest absolute Gasteiger partial charge is 0.336 e. The maximum Gasteiger partial charge on any atom is 0.336 e. The molecule has 0 radical (unpaired) electrons. The highest BCUT2D eigenvalue weighted by atomic mass is 16.4. The zero-order chi connectivity index (χ0) is 19.8. The molecule has 1 aliphatic rings. The second-order valence-corrected chi connectivity index (χ2v) is 6.42. The summed E-state index contributed by atoms with van der Waals surface area (Å²) < 4.78 is 0. The average Bonchev–Trinajstić information content (AvgIpc) is 3.09. The molecule has 27 heavy (non-hydrogen) atoms. The summed E-state index contributed by atoms with van der Waals surface area (Å²) >= 11 is 0. The molecule has 1 aromatic carbocycles. The van der Waals surface area contributed by atoms with Crippen molar-refractivity contribution in [3.63, 3.8) is 0 Å². The van der Waals surface area contributed by atoms with Gasteiger partial charge in [0.15, 0.2) is 0 Å². The number of aromatic carboxylic acids is 1. The first kappa shape index (κ1) is 20.3. The summed E-state index contributed by atoms with van der Waals surface area (Å²) in [6.07, 6.45) is 7.71. The molecule has 1 atom stereocenters. The Morgan fingerprint density at radius 3 is 2.41 bits per heavy atom. The highest BCUT2D eigenvalue weighted by Gasteiger charge is 2.28. The molecule has 8 heteroatoms. The van der Waals surface area contributed by atoms with Gasteiger partial charge in [0, 0.05) is 12.4 Å². The van der Waals surface area contributed by atoms with Crippen molar-refractivity contribution in [3.8, 4) is 0 Å². The molecule has 0 aliphatic carbocycles. The molecule has 0 fully saturated rings. The highest BCUT2D eigenvalue weighted by molar-refractivity contribution is 6.04. The van der Waals surface area contributed by atoms with Crippen molar-refractivity contribution in [1.29, 1.82) is 0 Å². The lowest BCUT2D eigenvalue weighted by molar-refractivity contribution is -0.142. The van der Waals surface area contributed by atoms with E-state index in [4.69, 9.17) is 0 Å². The predicted molar refractivity (Wildman–Crippen MR) is 98.7 cm³/mol. The molecule has 0 saturated heterocycles. The van der Waals surface area contributed by atoms with E-state index in [9.17, 15) is 24.6 Å². The van der Waals surface area contributed by atoms with Crippen LogP contribution >= 0.6 is 0 Å². The van der Waals surface area contributed by atoms with Crippen LogP contribution in [0.15, 0.2) is 36.7 Å². The van der Waals surface area contributed by atoms with E-state index in [-0.39, 0.29) is 17.8 Å². The van der Waals surface area contributed by atoms with Crippen molar-refractivity contribution in [2.24, 2.45) is 0 Å². The Morgan fingerprint density at radius 1 is 1.07 bits per heavy atom. The van der Waals surface area contributed by atoms with Crippen LogP contribution in [0, 0.1) is 0 Å². The summed E-state index contributed by atoms with van der Waals surface area (Å²) in [7, 11) is 0. The molecule has 1 amide bonds. The van der Waals surface area contributed by atoms with Gasteiger partial charge in [-0.2, -0.15) is 0 Å². The predicted octanol–water partition coefficient (Wildman–Crippen LogP) is 2.50. The third kappa shape index (κ3) is 5.47. The number of aliphatic carboxylic acids is 1. The quantitative estimate of drug-likeness (QED) is 0.539. The Kier molecular flexibility index (Phi) is 7.22. The third-order valence-electron chi connectivity index (χ3n) is 4.42.